The number of aryl methyl sites for hydroxylation is 1. The van der Waals surface area contributed by atoms with Crippen LogP contribution >= 0.6 is 0 Å². The monoisotopic (exact) mass is 208 g/mol. The number of hydrogen-bond donors (Lipinski definition) is 2. The van der Waals surface area contributed by atoms with Crippen LogP contribution < -0.4 is 11.1 Å². The van der Waals surface area contributed by atoms with Gasteiger partial charge in [-0.05, 0) is 25.9 Å². The lowest BCUT2D eigenvalue weighted by atomic mass is 9.86. The van der Waals surface area contributed by atoms with E-state index < -0.39 is 0 Å². The van der Waals surface area contributed by atoms with E-state index in [0.717, 1.165) is 32.6 Å². The zero-order valence-corrected chi connectivity index (χ0v) is 9.37. The van der Waals surface area contributed by atoms with Crippen LogP contribution in [0.5, 0.6) is 0 Å². The maximum absolute atomic E-state index is 5.54. The molecule has 2 rings (SSSR count). The molecule has 0 aromatic carbocycles. The van der Waals surface area contributed by atoms with E-state index in [1.165, 1.54) is 12.1 Å². The molecule has 1 atom stereocenters. The Kier molecular flexibility index (Phi) is 3.07. The average molecular weight is 208 g/mol. The van der Waals surface area contributed by atoms with Gasteiger partial charge in [-0.3, -0.25) is 0 Å². The van der Waals surface area contributed by atoms with Crippen molar-refractivity contribution >= 4 is 0 Å². The van der Waals surface area contributed by atoms with E-state index in [-0.39, 0.29) is 5.41 Å². The molecule has 4 nitrogen and oxygen atoms in total. The largest absolute Gasteiger partial charge is 0.334 e. The van der Waals surface area contributed by atoms with E-state index in [1.807, 2.05) is 12.5 Å². The number of imidazole rings is 1. The molecule has 1 aromatic rings. The second-order valence-electron chi connectivity index (χ2n) is 4.60. The fourth-order valence-corrected chi connectivity index (χ4v) is 2.30. The van der Waals surface area contributed by atoms with Crippen LogP contribution in [0.3, 0.4) is 0 Å². The Morgan fingerprint density at radius 2 is 2.53 bits per heavy atom. The van der Waals surface area contributed by atoms with Crippen molar-refractivity contribution in [3.63, 3.8) is 0 Å². The Bertz CT molecular complexity index is 312. The van der Waals surface area contributed by atoms with Gasteiger partial charge in [0.25, 0.3) is 0 Å². The van der Waals surface area contributed by atoms with Crippen LogP contribution in [0.4, 0.5) is 0 Å². The molecule has 1 saturated heterocycles. The second kappa shape index (κ2) is 4.33. The summed E-state index contributed by atoms with van der Waals surface area (Å²) in [6.45, 7) is 6.21. The Balaban J connectivity index is 2.16. The van der Waals surface area contributed by atoms with Crippen molar-refractivity contribution in [2.24, 2.45) is 5.73 Å². The lowest BCUT2D eigenvalue weighted by Crippen LogP contribution is -2.28. The lowest BCUT2D eigenvalue weighted by molar-refractivity contribution is 0.468. The maximum atomic E-state index is 5.54. The molecule has 84 valence electrons. The Hall–Kier alpha value is -0.870. The molecule has 0 amide bonds. The average Bonchev–Trinajstić information content (AvgIpc) is 2.84. The number of rotatable bonds is 4. The zero-order chi connectivity index (χ0) is 10.7. The summed E-state index contributed by atoms with van der Waals surface area (Å²) >= 11 is 0. The van der Waals surface area contributed by atoms with Gasteiger partial charge in [-0.25, -0.2) is 4.98 Å². The van der Waals surface area contributed by atoms with E-state index in [1.54, 1.807) is 0 Å². The molecule has 0 radical (unpaired) electrons. The number of nitrogens with one attached hydrogen (secondary N) is 1. The molecule has 1 aliphatic heterocycles. The van der Waals surface area contributed by atoms with Gasteiger partial charge in [0.1, 0.15) is 0 Å². The fourth-order valence-electron chi connectivity index (χ4n) is 2.30. The minimum atomic E-state index is 0.255. The summed E-state index contributed by atoms with van der Waals surface area (Å²) in [6, 6.07) is 0. The first-order chi connectivity index (χ1) is 7.26. The van der Waals surface area contributed by atoms with Crippen molar-refractivity contribution in [2.75, 3.05) is 19.6 Å². The van der Waals surface area contributed by atoms with Crippen molar-refractivity contribution in [3.8, 4) is 0 Å². The highest BCUT2D eigenvalue weighted by atomic mass is 15.1. The van der Waals surface area contributed by atoms with Gasteiger partial charge in [0.2, 0.25) is 0 Å². The lowest BCUT2D eigenvalue weighted by Gasteiger charge is -2.24. The molecular formula is C11H20N4. The maximum Gasteiger partial charge on any atom is 0.0948 e. The number of hydrogen-bond acceptors (Lipinski definition) is 3. The van der Waals surface area contributed by atoms with Crippen LogP contribution in [0.2, 0.25) is 0 Å². The van der Waals surface area contributed by atoms with E-state index in [4.69, 9.17) is 5.73 Å². The summed E-state index contributed by atoms with van der Waals surface area (Å²) in [5.74, 6) is 0. The molecule has 1 unspecified atom stereocenters. The van der Waals surface area contributed by atoms with Crippen molar-refractivity contribution in [3.05, 3.63) is 18.2 Å². The van der Waals surface area contributed by atoms with E-state index in [2.05, 4.69) is 21.8 Å². The predicted octanol–water partition coefficient (Wildman–Crippen LogP) is 0.483. The van der Waals surface area contributed by atoms with Crippen molar-refractivity contribution < 1.29 is 0 Å². The topological polar surface area (TPSA) is 55.9 Å². The molecule has 4 heteroatoms. The summed E-state index contributed by atoms with van der Waals surface area (Å²) in [7, 11) is 0. The molecule has 0 saturated carbocycles. The molecule has 3 N–H and O–H groups in total. The smallest absolute Gasteiger partial charge is 0.0948 e. The van der Waals surface area contributed by atoms with Gasteiger partial charge in [-0.1, -0.05) is 6.92 Å². The highest BCUT2D eigenvalue weighted by Crippen LogP contribution is 2.29. The SMILES string of the molecule is CC1(c2cncn2CCCN)CCNC1. The number of aromatic nitrogens is 2. The zero-order valence-electron chi connectivity index (χ0n) is 9.37. The predicted molar refractivity (Wildman–Crippen MR) is 60.7 cm³/mol. The summed E-state index contributed by atoms with van der Waals surface area (Å²) in [6.07, 6.45) is 6.15. The third kappa shape index (κ3) is 2.06. The van der Waals surface area contributed by atoms with Crippen LogP contribution in [0, 0.1) is 0 Å². The summed E-state index contributed by atoms with van der Waals surface area (Å²) in [5.41, 5.74) is 7.14. The van der Waals surface area contributed by atoms with Crippen LogP contribution in [-0.2, 0) is 12.0 Å². The Labute approximate surface area is 90.9 Å². The van der Waals surface area contributed by atoms with Crippen molar-refractivity contribution in [1.29, 1.82) is 0 Å². The number of nitrogens with zero attached hydrogens (tertiary/aromatic N) is 2. The normalized spacial score (nSPS) is 26.0. The van der Waals surface area contributed by atoms with Gasteiger partial charge >= 0.3 is 0 Å². The molecule has 0 spiro atoms. The number of nitrogens with two attached hydrogens (primary N) is 1. The fraction of sp³-hybridized carbons (Fsp3) is 0.727. The summed E-state index contributed by atoms with van der Waals surface area (Å²) in [5, 5.41) is 3.42. The van der Waals surface area contributed by atoms with Gasteiger partial charge < -0.3 is 15.6 Å². The first-order valence-corrected chi connectivity index (χ1v) is 5.68. The minimum absolute atomic E-state index is 0.255. The molecule has 2 heterocycles. The van der Waals surface area contributed by atoms with Crippen LogP contribution in [0.25, 0.3) is 0 Å². The van der Waals surface area contributed by atoms with Crippen LogP contribution in [0.1, 0.15) is 25.5 Å². The molecule has 1 aliphatic rings. The van der Waals surface area contributed by atoms with Crippen LogP contribution in [0.15, 0.2) is 12.5 Å². The molecule has 1 fully saturated rings. The van der Waals surface area contributed by atoms with Gasteiger partial charge in [0.05, 0.1) is 6.33 Å². The third-order valence-electron chi connectivity index (χ3n) is 3.30. The van der Waals surface area contributed by atoms with Crippen molar-refractivity contribution in [1.82, 2.24) is 14.9 Å². The van der Waals surface area contributed by atoms with E-state index >= 15 is 0 Å². The minimum Gasteiger partial charge on any atom is -0.334 e. The van der Waals surface area contributed by atoms with Gasteiger partial charge in [-0.2, -0.15) is 0 Å². The van der Waals surface area contributed by atoms with E-state index in [9.17, 15) is 0 Å². The standard InChI is InChI=1S/C11H20N4/c1-11(3-5-13-8-11)10-7-14-9-15(10)6-2-4-12/h7,9,13H,2-6,8,12H2,1H3. The molecular weight excluding hydrogens is 188 g/mol. The molecule has 0 aliphatic carbocycles. The van der Waals surface area contributed by atoms with Gasteiger partial charge in [-0.15, -0.1) is 0 Å². The third-order valence-corrected chi connectivity index (χ3v) is 3.30. The summed E-state index contributed by atoms with van der Waals surface area (Å²) < 4.78 is 2.25. The molecule has 1 aromatic heterocycles. The quantitative estimate of drug-likeness (QED) is 0.757. The highest BCUT2D eigenvalue weighted by molar-refractivity contribution is 5.17. The molecule has 15 heavy (non-hydrogen) atoms. The highest BCUT2D eigenvalue weighted by Gasteiger charge is 2.33. The van der Waals surface area contributed by atoms with Gasteiger partial charge in [0.15, 0.2) is 0 Å². The van der Waals surface area contributed by atoms with Crippen LogP contribution in [-0.4, -0.2) is 29.2 Å². The van der Waals surface area contributed by atoms with E-state index in [0.29, 0.717) is 0 Å². The second-order valence-corrected chi connectivity index (χ2v) is 4.60. The first-order valence-electron chi connectivity index (χ1n) is 5.68. The Morgan fingerprint density at radius 1 is 1.67 bits per heavy atom. The molecule has 0 bridgehead atoms. The summed E-state index contributed by atoms with van der Waals surface area (Å²) in [4.78, 5) is 4.26. The Morgan fingerprint density at radius 3 is 3.20 bits per heavy atom. The van der Waals surface area contributed by atoms with Gasteiger partial charge in [0, 0.05) is 30.4 Å². The van der Waals surface area contributed by atoms with Crippen molar-refractivity contribution in [2.45, 2.75) is 31.7 Å². The first kappa shape index (κ1) is 10.6.